The second-order valence-corrected chi connectivity index (χ2v) is 4.46. The maximum absolute atomic E-state index is 5.26. The molecule has 1 aromatic heterocycles. The highest BCUT2D eigenvalue weighted by atomic mass is 16.3. The van der Waals surface area contributed by atoms with E-state index in [0.29, 0.717) is 6.04 Å². The van der Waals surface area contributed by atoms with Gasteiger partial charge >= 0.3 is 0 Å². The molecule has 0 saturated heterocycles. The molecule has 0 radical (unpaired) electrons. The van der Waals surface area contributed by atoms with Gasteiger partial charge in [-0.1, -0.05) is 0 Å². The fraction of sp³-hybridized carbons (Fsp3) is 0.667. The fourth-order valence-electron chi connectivity index (χ4n) is 1.80. The van der Waals surface area contributed by atoms with Crippen LogP contribution in [0.25, 0.3) is 0 Å². The first-order valence-electron chi connectivity index (χ1n) is 5.72. The normalized spacial score (nSPS) is 18.3. The molecule has 84 valence electrons. The Bertz CT molecular complexity index is 280. The molecule has 1 unspecified atom stereocenters. The Balaban J connectivity index is 1.64. The second kappa shape index (κ2) is 4.81. The Morgan fingerprint density at radius 1 is 1.60 bits per heavy atom. The molecule has 0 aromatic carbocycles. The second-order valence-electron chi connectivity index (χ2n) is 4.46. The summed E-state index contributed by atoms with van der Waals surface area (Å²) in [5.74, 6) is 1.01. The molecule has 0 bridgehead atoms. The van der Waals surface area contributed by atoms with E-state index < -0.39 is 0 Å². The van der Waals surface area contributed by atoms with Gasteiger partial charge in [-0.15, -0.1) is 0 Å². The number of likely N-dealkylation sites (N-methyl/N-ethyl adjacent to an activating group) is 1. The van der Waals surface area contributed by atoms with E-state index in [4.69, 9.17) is 4.42 Å². The molecule has 1 aromatic rings. The summed E-state index contributed by atoms with van der Waals surface area (Å²) in [7, 11) is 2.22. The minimum absolute atomic E-state index is 0.604. The highest BCUT2D eigenvalue weighted by molar-refractivity contribution is 4.97. The third-order valence-corrected chi connectivity index (χ3v) is 3.14. The van der Waals surface area contributed by atoms with Gasteiger partial charge in [0.2, 0.25) is 0 Å². The molecule has 1 N–H and O–H groups in total. The van der Waals surface area contributed by atoms with Gasteiger partial charge in [0, 0.05) is 18.6 Å². The lowest BCUT2D eigenvalue weighted by atomic mass is 10.3. The van der Waals surface area contributed by atoms with Crippen LogP contribution in [0.4, 0.5) is 0 Å². The summed E-state index contributed by atoms with van der Waals surface area (Å²) in [6.07, 6.45) is 4.47. The Labute approximate surface area is 91.4 Å². The zero-order valence-corrected chi connectivity index (χ0v) is 9.57. The Hall–Kier alpha value is -0.800. The van der Waals surface area contributed by atoms with Crippen LogP contribution in [0.1, 0.15) is 25.5 Å². The Morgan fingerprint density at radius 2 is 2.40 bits per heavy atom. The van der Waals surface area contributed by atoms with Crippen LogP contribution in [0.5, 0.6) is 0 Å². The van der Waals surface area contributed by atoms with Gasteiger partial charge in [0.25, 0.3) is 0 Å². The lowest BCUT2D eigenvalue weighted by Crippen LogP contribution is -2.38. The predicted molar refractivity (Wildman–Crippen MR) is 60.7 cm³/mol. The van der Waals surface area contributed by atoms with E-state index in [1.54, 1.807) is 6.26 Å². The van der Waals surface area contributed by atoms with Crippen molar-refractivity contribution in [2.24, 2.45) is 0 Å². The van der Waals surface area contributed by atoms with Crippen LogP contribution in [0.3, 0.4) is 0 Å². The number of furan rings is 1. The van der Waals surface area contributed by atoms with Crippen molar-refractivity contribution < 1.29 is 4.42 Å². The van der Waals surface area contributed by atoms with E-state index in [2.05, 4.69) is 24.2 Å². The van der Waals surface area contributed by atoms with E-state index >= 15 is 0 Å². The molecule has 2 rings (SSSR count). The van der Waals surface area contributed by atoms with Crippen LogP contribution in [0.15, 0.2) is 22.8 Å². The number of nitrogens with one attached hydrogen (secondary N) is 1. The Morgan fingerprint density at radius 3 is 3.00 bits per heavy atom. The highest BCUT2D eigenvalue weighted by Crippen LogP contribution is 2.26. The molecule has 1 aliphatic rings. The van der Waals surface area contributed by atoms with Crippen molar-refractivity contribution in [2.75, 3.05) is 13.6 Å². The van der Waals surface area contributed by atoms with E-state index in [-0.39, 0.29) is 0 Å². The highest BCUT2D eigenvalue weighted by Gasteiger charge is 2.28. The lowest BCUT2D eigenvalue weighted by molar-refractivity contribution is 0.239. The van der Waals surface area contributed by atoms with Crippen LogP contribution < -0.4 is 5.32 Å². The summed E-state index contributed by atoms with van der Waals surface area (Å²) < 4.78 is 5.26. The van der Waals surface area contributed by atoms with E-state index in [1.165, 1.54) is 12.8 Å². The molecule has 1 saturated carbocycles. The smallest absolute Gasteiger partial charge is 0.117 e. The zero-order chi connectivity index (χ0) is 10.7. The fourth-order valence-corrected chi connectivity index (χ4v) is 1.80. The molecule has 0 aliphatic heterocycles. The minimum Gasteiger partial charge on any atom is -0.468 e. The number of hydrogen-bond acceptors (Lipinski definition) is 3. The Kier molecular flexibility index (Phi) is 3.44. The summed E-state index contributed by atoms with van der Waals surface area (Å²) in [6.45, 7) is 4.12. The van der Waals surface area contributed by atoms with Crippen molar-refractivity contribution in [1.82, 2.24) is 10.2 Å². The minimum atomic E-state index is 0.604. The summed E-state index contributed by atoms with van der Waals surface area (Å²) in [4.78, 5) is 2.47. The van der Waals surface area contributed by atoms with Crippen molar-refractivity contribution in [3.05, 3.63) is 24.2 Å². The molecule has 0 amide bonds. The third kappa shape index (κ3) is 3.08. The zero-order valence-electron chi connectivity index (χ0n) is 9.57. The standard InChI is InChI=1S/C12H20N2O/c1-10(14(2)11-5-6-11)8-13-9-12-4-3-7-15-12/h3-4,7,10-11,13H,5-6,8-9H2,1-2H3. The first-order valence-corrected chi connectivity index (χ1v) is 5.72. The van der Waals surface area contributed by atoms with Gasteiger partial charge < -0.3 is 9.73 Å². The van der Waals surface area contributed by atoms with Gasteiger partial charge in [0.1, 0.15) is 5.76 Å². The maximum Gasteiger partial charge on any atom is 0.117 e. The summed E-state index contributed by atoms with van der Waals surface area (Å²) in [5.41, 5.74) is 0. The van der Waals surface area contributed by atoms with Crippen molar-refractivity contribution in [1.29, 1.82) is 0 Å². The first-order chi connectivity index (χ1) is 7.27. The summed E-state index contributed by atoms with van der Waals surface area (Å²) >= 11 is 0. The number of nitrogens with zero attached hydrogens (tertiary/aromatic N) is 1. The van der Waals surface area contributed by atoms with Gasteiger partial charge in [-0.2, -0.15) is 0 Å². The average Bonchev–Trinajstić information content (AvgIpc) is 2.96. The quantitative estimate of drug-likeness (QED) is 0.773. The van der Waals surface area contributed by atoms with Crippen LogP contribution in [0, 0.1) is 0 Å². The molecule has 1 atom stereocenters. The maximum atomic E-state index is 5.26. The van der Waals surface area contributed by atoms with Crippen LogP contribution in [-0.4, -0.2) is 30.6 Å². The molecular weight excluding hydrogens is 188 g/mol. The molecule has 15 heavy (non-hydrogen) atoms. The predicted octanol–water partition coefficient (Wildman–Crippen LogP) is 1.85. The molecule has 1 heterocycles. The number of hydrogen-bond donors (Lipinski definition) is 1. The van der Waals surface area contributed by atoms with Crippen LogP contribution in [-0.2, 0) is 6.54 Å². The molecule has 0 spiro atoms. The molecule has 3 nitrogen and oxygen atoms in total. The van der Waals surface area contributed by atoms with Crippen molar-refractivity contribution in [3.63, 3.8) is 0 Å². The summed E-state index contributed by atoms with van der Waals surface area (Å²) in [6, 6.07) is 5.37. The lowest BCUT2D eigenvalue weighted by Gasteiger charge is -2.24. The molecular formula is C12H20N2O. The van der Waals surface area contributed by atoms with Gasteiger partial charge in [0.05, 0.1) is 12.8 Å². The van der Waals surface area contributed by atoms with Gasteiger partial charge in [0.15, 0.2) is 0 Å². The molecule has 1 fully saturated rings. The van der Waals surface area contributed by atoms with E-state index in [1.807, 2.05) is 12.1 Å². The van der Waals surface area contributed by atoms with Gasteiger partial charge in [-0.25, -0.2) is 0 Å². The van der Waals surface area contributed by atoms with Crippen LogP contribution in [0.2, 0.25) is 0 Å². The molecule has 1 aliphatic carbocycles. The van der Waals surface area contributed by atoms with Gasteiger partial charge in [-0.05, 0) is 38.9 Å². The monoisotopic (exact) mass is 208 g/mol. The first kappa shape index (κ1) is 10.7. The van der Waals surface area contributed by atoms with Crippen molar-refractivity contribution in [2.45, 2.75) is 38.4 Å². The third-order valence-electron chi connectivity index (χ3n) is 3.14. The van der Waals surface area contributed by atoms with Crippen molar-refractivity contribution >= 4 is 0 Å². The van der Waals surface area contributed by atoms with E-state index in [9.17, 15) is 0 Å². The summed E-state index contributed by atoms with van der Waals surface area (Å²) in [5, 5.41) is 3.42. The van der Waals surface area contributed by atoms with E-state index in [0.717, 1.165) is 24.9 Å². The molecule has 3 heteroatoms. The average molecular weight is 208 g/mol. The number of rotatable bonds is 6. The SMILES string of the molecule is CC(CNCc1ccco1)N(C)C1CC1. The topological polar surface area (TPSA) is 28.4 Å². The van der Waals surface area contributed by atoms with Gasteiger partial charge in [-0.3, -0.25) is 4.90 Å². The van der Waals surface area contributed by atoms with Crippen molar-refractivity contribution in [3.8, 4) is 0 Å². The largest absolute Gasteiger partial charge is 0.468 e. The van der Waals surface area contributed by atoms with Crippen LogP contribution >= 0.6 is 0 Å².